The molecule has 2 N–H and O–H groups in total. The van der Waals surface area contributed by atoms with E-state index < -0.39 is 12.6 Å². The van der Waals surface area contributed by atoms with E-state index in [1.807, 2.05) is 0 Å². The molecule has 0 saturated carbocycles. The van der Waals surface area contributed by atoms with Gasteiger partial charge in [0.2, 0.25) is 0 Å². The fourth-order valence-electron chi connectivity index (χ4n) is 1.59. The Balaban J connectivity index is 2.30. The van der Waals surface area contributed by atoms with Gasteiger partial charge in [0.05, 0.1) is 0 Å². The third-order valence-electron chi connectivity index (χ3n) is 2.45. The van der Waals surface area contributed by atoms with Crippen molar-refractivity contribution >= 4 is 0 Å². The third kappa shape index (κ3) is 6.26. The van der Waals surface area contributed by atoms with E-state index in [1.165, 1.54) is 12.1 Å². The normalized spacial score (nSPS) is 13.7. The summed E-state index contributed by atoms with van der Waals surface area (Å²) in [4.78, 5) is 0. The Bertz CT molecular complexity index is 331. The fraction of sp³-hybridized carbons (Fsp3) is 0.500. The van der Waals surface area contributed by atoms with Crippen molar-refractivity contribution in [3.05, 3.63) is 35.6 Å². The highest BCUT2D eigenvalue weighted by Crippen LogP contribution is 2.22. The molecule has 1 nitrogen and oxygen atoms in total. The van der Waals surface area contributed by atoms with Crippen LogP contribution in [0, 0.1) is 5.82 Å². The average molecular weight is 249 g/mol. The lowest BCUT2D eigenvalue weighted by Crippen LogP contribution is -2.23. The largest absolute Gasteiger partial charge is 0.389 e. The molecular formula is C12H15F4N. The van der Waals surface area contributed by atoms with Crippen LogP contribution in [0.25, 0.3) is 0 Å². The standard InChI is InChI=1S/C12H15F4N/c13-10-5-3-9(4-6-10)8-11(17)2-1-7-12(14,15)16/h3-6,11H,1-2,7-8,17H2. The monoisotopic (exact) mass is 249 g/mol. The zero-order valence-corrected chi connectivity index (χ0v) is 9.30. The Kier molecular flexibility index (Phi) is 4.93. The van der Waals surface area contributed by atoms with Gasteiger partial charge in [-0.3, -0.25) is 0 Å². The van der Waals surface area contributed by atoms with Crippen LogP contribution in [0.3, 0.4) is 0 Å². The van der Waals surface area contributed by atoms with Gasteiger partial charge in [-0.25, -0.2) is 4.39 Å². The van der Waals surface area contributed by atoms with Gasteiger partial charge in [0.1, 0.15) is 5.82 Å². The van der Waals surface area contributed by atoms with Crippen molar-refractivity contribution in [3.8, 4) is 0 Å². The van der Waals surface area contributed by atoms with Crippen LogP contribution in [0.15, 0.2) is 24.3 Å². The smallest absolute Gasteiger partial charge is 0.327 e. The average Bonchev–Trinajstić information content (AvgIpc) is 2.19. The van der Waals surface area contributed by atoms with Crippen LogP contribution < -0.4 is 5.73 Å². The number of hydrogen-bond donors (Lipinski definition) is 1. The number of benzene rings is 1. The molecule has 0 aliphatic rings. The second-order valence-corrected chi connectivity index (χ2v) is 4.10. The summed E-state index contributed by atoms with van der Waals surface area (Å²) in [6.07, 6.45) is -4.10. The Morgan fingerprint density at radius 2 is 1.71 bits per heavy atom. The molecule has 5 heteroatoms. The first-order valence-corrected chi connectivity index (χ1v) is 5.43. The number of rotatable bonds is 5. The molecule has 1 atom stereocenters. The summed E-state index contributed by atoms with van der Waals surface area (Å²) in [5.74, 6) is -0.334. The molecule has 0 saturated heterocycles. The number of hydrogen-bond acceptors (Lipinski definition) is 1. The molecule has 0 radical (unpaired) electrons. The highest BCUT2D eigenvalue weighted by molar-refractivity contribution is 5.16. The molecule has 0 aliphatic heterocycles. The molecule has 1 rings (SSSR count). The maximum Gasteiger partial charge on any atom is 0.389 e. The Hall–Kier alpha value is -1.10. The van der Waals surface area contributed by atoms with Crippen LogP contribution >= 0.6 is 0 Å². The van der Waals surface area contributed by atoms with Gasteiger partial charge >= 0.3 is 6.18 Å². The van der Waals surface area contributed by atoms with Crippen molar-refractivity contribution in [2.75, 3.05) is 0 Å². The second kappa shape index (κ2) is 6.00. The van der Waals surface area contributed by atoms with Gasteiger partial charge in [-0.2, -0.15) is 13.2 Å². The molecule has 0 aliphatic carbocycles. The number of halogens is 4. The molecule has 0 heterocycles. The fourth-order valence-corrected chi connectivity index (χ4v) is 1.59. The van der Waals surface area contributed by atoms with Crippen LogP contribution in [-0.2, 0) is 6.42 Å². The van der Waals surface area contributed by atoms with Crippen LogP contribution in [0.1, 0.15) is 24.8 Å². The summed E-state index contributed by atoms with van der Waals surface area (Å²) in [5.41, 5.74) is 6.55. The lowest BCUT2D eigenvalue weighted by Gasteiger charge is -2.12. The van der Waals surface area contributed by atoms with E-state index in [-0.39, 0.29) is 18.3 Å². The summed E-state index contributed by atoms with van der Waals surface area (Å²) >= 11 is 0. The molecule has 1 aromatic rings. The summed E-state index contributed by atoms with van der Waals surface area (Å²) in [5, 5.41) is 0. The highest BCUT2D eigenvalue weighted by atomic mass is 19.4. The van der Waals surface area contributed by atoms with Gasteiger partial charge < -0.3 is 5.73 Å². The van der Waals surface area contributed by atoms with Crippen molar-refractivity contribution in [1.29, 1.82) is 0 Å². The molecule has 0 fully saturated rings. The first-order valence-electron chi connectivity index (χ1n) is 5.43. The van der Waals surface area contributed by atoms with E-state index >= 15 is 0 Å². The Labute approximate surface area is 97.6 Å². The lowest BCUT2D eigenvalue weighted by molar-refractivity contribution is -0.135. The van der Waals surface area contributed by atoms with Crippen molar-refractivity contribution in [2.45, 2.75) is 37.9 Å². The number of alkyl halides is 3. The van der Waals surface area contributed by atoms with Gasteiger partial charge in [0, 0.05) is 12.5 Å². The maximum atomic E-state index is 12.6. The summed E-state index contributed by atoms with van der Waals surface area (Å²) < 4.78 is 48.3. The third-order valence-corrected chi connectivity index (χ3v) is 2.45. The van der Waals surface area contributed by atoms with Gasteiger partial charge in [0.25, 0.3) is 0 Å². The number of nitrogens with two attached hydrogens (primary N) is 1. The van der Waals surface area contributed by atoms with E-state index in [0.29, 0.717) is 12.8 Å². The second-order valence-electron chi connectivity index (χ2n) is 4.10. The molecule has 17 heavy (non-hydrogen) atoms. The zero-order chi connectivity index (χ0) is 12.9. The van der Waals surface area contributed by atoms with Gasteiger partial charge in [-0.15, -0.1) is 0 Å². The van der Waals surface area contributed by atoms with E-state index in [4.69, 9.17) is 5.73 Å². The predicted molar refractivity (Wildman–Crippen MR) is 58.0 cm³/mol. The van der Waals surface area contributed by atoms with Crippen molar-refractivity contribution < 1.29 is 17.6 Å². The molecular weight excluding hydrogens is 234 g/mol. The predicted octanol–water partition coefficient (Wildman–Crippen LogP) is 3.43. The molecule has 0 spiro atoms. The summed E-state index contributed by atoms with van der Waals surface area (Å²) in [6.45, 7) is 0. The molecule has 0 bridgehead atoms. The minimum atomic E-state index is -4.12. The highest BCUT2D eigenvalue weighted by Gasteiger charge is 2.26. The van der Waals surface area contributed by atoms with E-state index in [0.717, 1.165) is 5.56 Å². The Morgan fingerprint density at radius 1 is 1.12 bits per heavy atom. The topological polar surface area (TPSA) is 26.0 Å². The van der Waals surface area contributed by atoms with E-state index in [2.05, 4.69) is 0 Å². The van der Waals surface area contributed by atoms with Gasteiger partial charge in [-0.1, -0.05) is 12.1 Å². The molecule has 0 amide bonds. The summed E-state index contributed by atoms with van der Waals surface area (Å²) in [7, 11) is 0. The van der Waals surface area contributed by atoms with Crippen molar-refractivity contribution in [2.24, 2.45) is 5.73 Å². The first-order chi connectivity index (χ1) is 7.87. The SMILES string of the molecule is NC(CCCC(F)(F)F)Cc1ccc(F)cc1. The Morgan fingerprint density at radius 3 is 2.24 bits per heavy atom. The van der Waals surface area contributed by atoms with E-state index in [9.17, 15) is 17.6 Å². The molecule has 96 valence electrons. The van der Waals surface area contributed by atoms with Crippen LogP contribution in [0.5, 0.6) is 0 Å². The van der Waals surface area contributed by atoms with Crippen molar-refractivity contribution in [3.63, 3.8) is 0 Å². The van der Waals surface area contributed by atoms with E-state index in [1.54, 1.807) is 12.1 Å². The molecule has 1 unspecified atom stereocenters. The van der Waals surface area contributed by atoms with Crippen LogP contribution in [0.4, 0.5) is 17.6 Å². The van der Waals surface area contributed by atoms with Gasteiger partial charge in [0.15, 0.2) is 0 Å². The van der Waals surface area contributed by atoms with Crippen molar-refractivity contribution in [1.82, 2.24) is 0 Å². The summed E-state index contributed by atoms with van der Waals surface area (Å²) in [6, 6.07) is 5.51. The molecule has 1 aromatic carbocycles. The minimum absolute atomic E-state index is 0.0336. The zero-order valence-electron chi connectivity index (χ0n) is 9.30. The minimum Gasteiger partial charge on any atom is -0.327 e. The van der Waals surface area contributed by atoms with Gasteiger partial charge in [-0.05, 0) is 37.0 Å². The van der Waals surface area contributed by atoms with Crippen LogP contribution in [0.2, 0.25) is 0 Å². The quantitative estimate of drug-likeness (QED) is 0.795. The molecule has 0 aromatic heterocycles. The first kappa shape index (κ1) is 14.0. The lowest BCUT2D eigenvalue weighted by atomic mass is 10.0. The maximum absolute atomic E-state index is 12.6. The van der Waals surface area contributed by atoms with Crippen LogP contribution in [-0.4, -0.2) is 12.2 Å².